The Kier molecular flexibility index (Phi) is 7.32. The molecule has 10 aromatic carbocycles. The van der Waals surface area contributed by atoms with Gasteiger partial charge in [0.1, 0.15) is 0 Å². The van der Waals surface area contributed by atoms with E-state index in [-0.39, 0.29) is 6.71 Å². The molecule has 3 nitrogen and oxygen atoms in total. The molecular formula is C57H37BN2O. The Bertz CT molecular complexity index is 3330. The third kappa shape index (κ3) is 4.76. The summed E-state index contributed by atoms with van der Waals surface area (Å²) in [6.07, 6.45) is 0. The number of anilines is 6. The van der Waals surface area contributed by atoms with Crippen LogP contribution in [0.4, 0.5) is 34.1 Å². The van der Waals surface area contributed by atoms with Crippen molar-refractivity contribution in [1.29, 1.82) is 0 Å². The Hall–Kier alpha value is -7.82. The van der Waals surface area contributed by atoms with Crippen molar-refractivity contribution in [2.24, 2.45) is 0 Å². The number of nitrogens with zero attached hydrogens (tertiary/aromatic N) is 2. The number of fused-ring (bicyclic) bond motifs is 9. The van der Waals surface area contributed by atoms with Crippen LogP contribution >= 0.6 is 0 Å². The summed E-state index contributed by atoms with van der Waals surface area (Å²) in [5.74, 6) is 1.66. The third-order valence-electron chi connectivity index (χ3n) is 13.3. The van der Waals surface area contributed by atoms with E-state index in [0.717, 1.165) is 45.6 Å². The number of benzene rings is 10. The highest BCUT2D eigenvalue weighted by Gasteiger charge is 2.53. The highest BCUT2D eigenvalue weighted by molar-refractivity contribution is 6.99. The van der Waals surface area contributed by atoms with Gasteiger partial charge in [-0.05, 0) is 104 Å². The van der Waals surface area contributed by atoms with Gasteiger partial charge in [-0.25, -0.2) is 0 Å². The lowest BCUT2D eigenvalue weighted by molar-refractivity contribution is 0.478. The van der Waals surface area contributed by atoms with Crippen molar-refractivity contribution < 1.29 is 4.74 Å². The molecule has 0 spiro atoms. The Balaban J connectivity index is 1.24. The van der Waals surface area contributed by atoms with Crippen molar-refractivity contribution >= 4 is 78.8 Å². The van der Waals surface area contributed by atoms with Crippen LogP contribution < -0.4 is 30.9 Å². The largest absolute Gasteiger partial charge is 0.451 e. The van der Waals surface area contributed by atoms with E-state index in [9.17, 15) is 0 Å². The van der Waals surface area contributed by atoms with Gasteiger partial charge in [0.25, 0.3) is 0 Å². The second-order valence-electron chi connectivity index (χ2n) is 16.4. The number of hydrogen-bond donors (Lipinski definition) is 0. The van der Waals surface area contributed by atoms with Crippen molar-refractivity contribution in [2.45, 2.75) is 5.41 Å². The van der Waals surface area contributed by atoms with Gasteiger partial charge in [0.15, 0.2) is 11.5 Å². The molecule has 0 saturated heterocycles. The van der Waals surface area contributed by atoms with E-state index in [0.29, 0.717) is 0 Å². The van der Waals surface area contributed by atoms with Gasteiger partial charge in [-0.2, -0.15) is 0 Å². The summed E-state index contributed by atoms with van der Waals surface area (Å²) in [7, 11) is 0. The zero-order valence-corrected chi connectivity index (χ0v) is 33.2. The molecular weight excluding hydrogens is 739 g/mol. The summed E-state index contributed by atoms with van der Waals surface area (Å²) in [4.78, 5) is 4.95. The summed E-state index contributed by atoms with van der Waals surface area (Å²) in [5.41, 5.74) is 14.6. The van der Waals surface area contributed by atoms with Crippen LogP contribution in [0.25, 0.3) is 21.5 Å². The van der Waals surface area contributed by atoms with Gasteiger partial charge < -0.3 is 14.5 Å². The second-order valence-corrected chi connectivity index (χ2v) is 16.4. The first-order valence-electron chi connectivity index (χ1n) is 21.1. The van der Waals surface area contributed by atoms with Crippen LogP contribution in [0.2, 0.25) is 0 Å². The van der Waals surface area contributed by atoms with Gasteiger partial charge in [-0.15, -0.1) is 0 Å². The van der Waals surface area contributed by atoms with Crippen molar-refractivity contribution in [2.75, 3.05) is 9.80 Å². The van der Waals surface area contributed by atoms with E-state index in [4.69, 9.17) is 4.74 Å². The average molecular weight is 777 g/mol. The SMILES string of the molecule is c1ccc(N2c3ccccc3B3c4ccccc4C(c4ccccc4)(c4ccccc4)c4cc5c(c2c43)Oc2ccccc2N5c2cccc3cc4ccccc4cc23)cc1. The van der Waals surface area contributed by atoms with Crippen LogP contribution in [0, 0.1) is 0 Å². The van der Waals surface area contributed by atoms with Gasteiger partial charge in [0.2, 0.25) is 6.71 Å². The second kappa shape index (κ2) is 13.1. The highest BCUT2D eigenvalue weighted by Crippen LogP contribution is 2.60. The minimum Gasteiger partial charge on any atom is -0.451 e. The molecule has 4 heteroatoms. The molecule has 0 bridgehead atoms. The van der Waals surface area contributed by atoms with Crippen molar-refractivity contribution in [1.82, 2.24) is 0 Å². The molecule has 10 aromatic rings. The summed E-state index contributed by atoms with van der Waals surface area (Å²) in [6.45, 7) is -0.0543. The van der Waals surface area contributed by atoms with E-state index >= 15 is 0 Å². The Morgan fingerprint density at radius 3 is 1.72 bits per heavy atom. The predicted octanol–water partition coefficient (Wildman–Crippen LogP) is 12.6. The highest BCUT2D eigenvalue weighted by atomic mass is 16.5. The maximum Gasteiger partial charge on any atom is 0.247 e. The van der Waals surface area contributed by atoms with Crippen LogP contribution in [-0.4, -0.2) is 6.71 Å². The molecule has 284 valence electrons. The molecule has 3 aliphatic heterocycles. The van der Waals surface area contributed by atoms with E-state index in [1.54, 1.807) is 0 Å². The molecule has 0 aromatic heterocycles. The van der Waals surface area contributed by atoms with E-state index in [1.165, 1.54) is 60.2 Å². The molecule has 61 heavy (non-hydrogen) atoms. The van der Waals surface area contributed by atoms with E-state index in [1.807, 2.05) is 0 Å². The number of para-hydroxylation sites is 4. The number of ether oxygens (including phenoxy) is 1. The zero-order chi connectivity index (χ0) is 40.1. The number of rotatable bonds is 4. The van der Waals surface area contributed by atoms with Crippen LogP contribution in [0.3, 0.4) is 0 Å². The van der Waals surface area contributed by atoms with Crippen molar-refractivity contribution in [3.63, 3.8) is 0 Å². The van der Waals surface area contributed by atoms with Crippen molar-refractivity contribution in [3.05, 3.63) is 247 Å². The van der Waals surface area contributed by atoms with E-state index in [2.05, 4.69) is 234 Å². The fourth-order valence-electron chi connectivity index (χ4n) is 10.9. The molecule has 3 heterocycles. The first-order valence-corrected chi connectivity index (χ1v) is 21.1. The lowest BCUT2D eigenvalue weighted by Crippen LogP contribution is -2.65. The summed E-state index contributed by atoms with van der Waals surface area (Å²) < 4.78 is 7.43. The quantitative estimate of drug-likeness (QED) is 0.131. The molecule has 0 saturated carbocycles. The molecule has 3 aliphatic rings. The first-order chi connectivity index (χ1) is 30.3. The van der Waals surface area contributed by atoms with Crippen LogP contribution in [-0.2, 0) is 5.41 Å². The van der Waals surface area contributed by atoms with Gasteiger partial charge >= 0.3 is 0 Å². The minimum absolute atomic E-state index is 0.0543. The molecule has 0 aliphatic carbocycles. The maximum atomic E-state index is 7.43. The summed E-state index contributed by atoms with van der Waals surface area (Å²) in [6, 6.07) is 82.4. The normalized spacial score (nSPS) is 14.1. The average Bonchev–Trinajstić information content (AvgIpc) is 3.33. The summed E-state index contributed by atoms with van der Waals surface area (Å²) >= 11 is 0. The predicted molar refractivity (Wildman–Crippen MR) is 254 cm³/mol. The molecule has 0 radical (unpaired) electrons. The molecule has 0 N–H and O–H groups in total. The maximum absolute atomic E-state index is 7.43. The Morgan fingerprint density at radius 1 is 0.393 bits per heavy atom. The first kappa shape index (κ1) is 34.1. The Labute approximate surface area is 355 Å². The van der Waals surface area contributed by atoms with E-state index < -0.39 is 5.41 Å². The third-order valence-corrected chi connectivity index (χ3v) is 13.3. The molecule has 0 unspecified atom stereocenters. The van der Waals surface area contributed by atoms with Crippen LogP contribution in [0.15, 0.2) is 224 Å². The van der Waals surface area contributed by atoms with Gasteiger partial charge in [-0.1, -0.05) is 175 Å². The molecule has 0 atom stereocenters. The fraction of sp³-hybridized carbons (Fsp3) is 0.0175. The Morgan fingerprint density at radius 2 is 0.967 bits per heavy atom. The van der Waals surface area contributed by atoms with Gasteiger partial charge in [0.05, 0.1) is 28.2 Å². The fourth-order valence-corrected chi connectivity index (χ4v) is 10.9. The monoisotopic (exact) mass is 776 g/mol. The molecule has 0 fully saturated rings. The summed E-state index contributed by atoms with van der Waals surface area (Å²) in [5, 5.41) is 4.81. The lowest BCUT2D eigenvalue weighted by atomic mass is 9.29. The van der Waals surface area contributed by atoms with Gasteiger partial charge in [0, 0.05) is 16.8 Å². The van der Waals surface area contributed by atoms with Crippen LogP contribution in [0.1, 0.15) is 22.3 Å². The topological polar surface area (TPSA) is 15.7 Å². The number of hydrogen-bond acceptors (Lipinski definition) is 3. The molecule has 13 rings (SSSR count). The zero-order valence-electron chi connectivity index (χ0n) is 33.2. The lowest BCUT2D eigenvalue weighted by Gasteiger charge is -2.50. The van der Waals surface area contributed by atoms with Gasteiger partial charge in [-0.3, -0.25) is 0 Å². The molecule has 0 amide bonds. The minimum atomic E-state index is -0.680. The van der Waals surface area contributed by atoms with Crippen molar-refractivity contribution in [3.8, 4) is 11.5 Å². The van der Waals surface area contributed by atoms with Crippen LogP contribution in [0.5, 0.6) is 11.5 Å². The standard InChI is InChI=1S/C57H37BN2O/c1-4-22-41(23-5-1)57(42-24-6-2-7-25-42)45-28-12-13-29-47(45)58-48-30-14-15-31-50(48)59(43-26-8-3-9-27-43)55-54(58)46(57)37-52-56(55)61-53-34-17-16-32-51(53)60(52)49-33-18-21-40-35-38-19-10-11-20-39(38)36-44(40)49/h1-37H. The smallest absolute Gasteiger partial charge is 0.247 e.